The van der Waals surface area contributed by atoms with E-state index in [0.717, 1.165) is 81.6 Å². The Hall–Kier alpha value is -1.55. The maximum atomic E-state index is 5.49. The van der Waals surface area contributed by atoms with Gasteiger partial charge in [-0.2, -0.15) is 0 Å². The quantitative estimate of drug-likeness (QED) is 0.535. The highest BCUT2D eigenvalue weighted by atomic mass is 32.1. The molecule has 0 aliphatic carbocycles. The predicted octanol–water partition coefficient (Wildman–Crippen LogP) is 2.31. The van der Waals surface area contributed by atoms with Crippen molar-refractivity contribution in [3.8, 4) is 0 Å². The molecule has 3 saturated heterocycles. The van der Waals surface area contributed by atoms with Gasteiger partial charge in [-0.05, 0) is 33.1 Å². The lowest BCUT2D eigenvalue weighted by Crippen LogP contribution is -2.40. The van der Waals surface area contributed by atoms with Gasteiger partial charge in [-0.15, -0.1) is 11.3 Å². The van der Waals surface area contributed by atoms with Gasteiger partial charge in [0.05, 0.1) is 33.1 Å². The van der Waals surface area contributed by atoms with Crippen LogP contribution in [0.25, 0.3) is 0 Å². The topological polar surface area (TPSA) is 65.8 Å². The maximum absolute atomic E-state index is 5.49. The number of nitrogens with zero attached hydrogens (tertiary/aromatic N) is 6. The van der Waals surface area contributed by atoms with Gasteiger partial charge in [-0.25, -0.2) is 15.0 Å². The summed E-state index contributed by atoms with van der Waals surface area (Å²) < 4.78 is 10.9. The van der Waals surface area contributed by atoms with E-state index in [0.29, 0.717) is 12.7 Å². The Bertz CT molecular complexity index is 740. The molecule has 0 amide bonds. The van der Waals surface area contributed by atoms with Gasteiger partial charge < -0.3 is 19.3 Å². The van der Waals surface area contributed by atoms with Crippen molar-refractivity contribution in [1.29, 1.82) is 0 Å². The van der Waals surface area contributed by atoms with Gasteiger partial charge in [0.25, 0.3) is 0 Å². The average molecular weight is 435 g/mol. The monoisotopic (exact) mass is 434 g/mol. The Morgan fingerprint density at radius 2 is 1.83 bits per heavy atom. The average Bonchev–Trinajstić information content (AvgIpc) is 3.28. The van der Waals surface area contributed by atoms with Crippen LogP contribution in [0.3, 0.4) is 0 Å². The van der Waals surface area contributed by atoms with Crippen LogP contribution in [0.4, 0.5) is 5.13 Å². The molecule has 4 rings (SSSR count). The highest BCUT2D eigenvalue weighted by Crippen LogP contribution is 2.28. The van der Waals surface area contributed by atoms with Crippen LogP contribution in [0.1, 0.15) is 38.8 Å². The summed E-state index contributed by atoms with van der Waals surface area (Å²) in [6.45, 7) is 12.7. The molecule has 1 aromatic rings. The second-order valence-electron chi connectivity index (χ2n) is 8.17. The number of thiazole rings is 1. The van der Waals surface area contributed by atoms with E-state index in [9.17, 15) is 0 Å². The zero-order chi connectivity index (χ0) is 20.8. The SMILES string of the molecule is CC(=NC(=NCN1CCOCC1)c1csc(N2CCCCC2C)n1)N1CCOCC1. The molecule has 0 saturated carbocycles. The number of ether oxygens (including phenoxy) is 2. The molecule has 30 heavy (non-hydrogen) atoms. The van der Waals surface area contributed by atoms with Crippen LogP contribution in [-0.2, 0) is 9.47 Å². The van der Waals surface area contributed by atoms with E-state index in [1.54, 1.807) is 11.3 Å². The highest BCUT2D eigenvalue weighted by molar-refractivity contribution is 7.14. The number of anilines is 1. The fraction of sp³-hybridized carbons (Fsp3) is 0.762. The van der Waals surface area contributed by atoms with Crippen molar-refractivity contribution >= 4 is 28.1 Å². The molecule has 3 fully saturated rings. The van der Waals surface area contributed by atoms with Crippen LogP contribution in [0, 0.1) is 0 Å². The van der Waals surface area contributed by atoms with Crippen LogP contribution in [0.15, 0.2) is 15.4 Å². The van der Waals surface area contributed by atoms with Gasteiger partial charge in [0.15, 0.2) is 11.0 Å². The number of hydrogen-bond donors (Lipinski definition) is 0. The molecule has 0 aromatic carbocycles. The lowest BCUT2D eigenvalue weighted by atomic mass is 10.1. The van der Waals surface area contributed by atoms with Crippen molar-refractivity contribution in [1.82, 2.24) is 14.8 Å². The summed E-state index contributed by atoms with van der Waals surface area (Å²) in [5.41, 5.74) is 0.883. The van der Waals surface area contributed by atoms with Gasteiger partial charge in [0, 0.05) is 44.1 Å². The Labute approximate surface area is 183 Å². The molecule has 1 aromatic heterocycles. The summed E-state index contributed by atoms with van der Waals surface area (Å²) in [5, 5.41) is 3.21. The van der Waals surface area contributed by atoms with Gasteiger partial charge in [-0.3, -0.25) is 4.90 Å². The first-order valence-corrected chi connectivity index (χ1v) is 12.0. The lowest BCUT2D eigenvalue weighted by molar-refractivity contribution is 0.0394. The second kappa shape index (κ2) is 10.7. The van der Waals surface area contributed by atoms with Gasteiger partial charge in [-0.1, -0.05) is 0 Å². The molecule has 166 valence electrons. The van der Waals surface area contributed by atoms with Crippen LogP contribution >= 0.6 is 11.3 Å². The van der Waals surface area contributed by atoms with Crippen molar-refractivity contribution in [2.75, 3.05) is 70.7 Å². The smallest absolute Gasteiger partial charge is 0.186 e. The van der Waals surface area contributed by atoms with Crippen molar-refractivity contribution in [3.63, 3.8) is 0 Å². The fourth-order valence-corrected chi connectivity index (χ4v) is 5.01. The number of hydrogen-bond acceptors (Lipinski definition) is 7. The minimum absolute atomic E-state index is 0.546. The molecule has 0 spiro atoms. The Morgan fingerprint density at radius 1 is 1.10 bits per heavy atom. The largest absolute Gasteiger partial charge is 0.379 e. The molecule has 3 aliphatic heterocycles. The zero-order valence-electron chi connectivity index (χ0n) is 18.3. The molecule has 0 radical (unpaired) electrons. The fourth-order valence-electron chi connectivity index (χ4n) is 4.08. The van der Waals surface area contributed by atoms with Crippen molar-refractivity contribution in [2.45, 2.75) is 39.2 Å². The number of piperidine rings is 1. The van der Waals surface area contributed by atoms with E-state index >= 15 is 0 Å². The Balaban J connectivity index is 1.54. The normalized spacial score (nSPS) is 25.1. The summed E-state index contributed by atoms with van der Waals surface area (Å²) in [4.78, 5) is 21.8. The van der Waals surface area contributed by atoms with Gasteiger partial charge in [0.1, 0.15) is 11.5 Å². The van der Waals surface area contributed by atoms with Crippen LogP contribution < -0.4 is 4.90 Å². The number of amidine groups is 2. The second-order valence-corrected chi connectivity index (χ2v) is 9.00. The van der Waals surface area contributed by atoms with Crippen molar-refractivity contribution in [3.05, 3.63) is 11.1 Å². The van der Waals surface area contributed by atoms with Crippen LogP contribution in [0.2, 0.25) is 0 Å². The van der Waals surface area contributed by atoms with Crippen molar-refractivity contribution in [2.24, 2.45) is 9.98 Å². The Kier molecular flexibility index (Phi) is 7.70. The summed E-state index contributed by atoms with van der Waals surface area (Å²) in [6, 6.07) is 0.546. The maximum Gasteiger partial charge on any atom is 0.186 e. The molecule has 3 aliphatic rings. The molecule has 1 atom stereocenters. The number of rotatable bonds is 4. The van der Waals surface area contributed by atoms with Crippen molar-refractivity contribution < 1.29 is 9.47 Å². The molecule has 9 heteroatoms. The third kappa shape index (κ3) is 5.57. The molecule has 1 unspecified atom stereocenters. The summed E-state index contributed by atoms with van der Waals surface area (Å²) in [5.74, 6) is 1.72. The molecule has 4 heterocycles. The minimum Gasteiger partial charge on any atom is -0.379 e. The third-order valence-electron chi connectivity index (χ3n) is 6.03. The first-order valence-electron chi connectivity index (χ1n) is 11.2. The predicted molar refractivity (Wildman–Crippen MR) is 122 cm³/mol. The van der Waals surface area contributed by atoms with Crippen LogP contribution in [-0.4, -0.2) is 98.3 Å². The number of morpholine rings is 2. The molecule has 0 bridgehead atoms. The number of aliphatic imine (C=N–C) groups is 2. The molecule has 0 N–H and O–H groups in total. The van der Waals surface area contributed by atoms with E-state index in [-0.39, 0.29) is 0 Å². The lowest BCUT2D eigenvalue weighted by Gasteiger charge is -2.33. The van der Waals surface area contributed by atoms with E-state index in [4.69, 9.17) is 24.4 Å². The van der Waals surface area contributed by atoms with Gasteiger partial charge in [0.2, 0.25) is 0 Å². The van der Waals surface area contributed by atoms with E-state index in [1.165, 1.54) is 19.3 Å². The molecule has 8 nitrogen and oxygen atoms in total. The standard InChI is InChI=1S/C21H34N6O2S/c1-17-5-3-4-6-27(17)21-24-19(15-30-21)20(22-16-25-7-11-28-12-8-25)23-18(2)26-9-13-29-14-10-26/h15,17H,3-14,16H2,1-2H3. The highest BCUT2D eigenvalue weighted by Gasteiger charge is 2.22. The Morgan fingerprint density at radius 3 is 2.57 bits per heavy atom. The van der Waals surface area contributed by atoms with E-state index in [1.807, 2.05) is 0 Å². The summed E-state index contributed by atoms with van der Waals surface area (Å²) >= 11 is 1.71. The summed E-state index contributed by atoms with van der Waals surface area (Å²) in [7, 11) is 0. The first kappa shape index (κ1) is 21.7. The van der Waals surface area contributed by atoms with E-state index in [2.05, 4.69) is 33.9 Å². The van der Waals surface area contributed by atoms with E-state index < -0.39 is 0 Å². The minimum atomic E-state index is 0.546. The molecular formula is C21H34N6O2S. The number of aromatic nitrogens is 1. The van der Waals surface area contributed by atoms with Gasteiger partial charge >= 0.3 is 0 Å². The summed E-state index contributed by atoms with van der Waals surface area (Å²) in [6.07, 6.45) is 3.79. The first-order chi connectivity index (χ1) is 14.7. The zero-order valence-corrected chi connectivity index (χ0v) is 19.1. The third-order valence-corrected chi connectivity index (χ3v) is 6.91. The van der Waals surface area contributed by atoms with Crippen LogP contribution in [0.5, 0.6) is 0 Å². The molecular weight excluding hydrogens is 400 g/mol.